The molecule has 0 bridgehead atoms. The number of ether oxygens (including phenoxy) is 1. The number of aliphatic hydroxyl groups is 1. The molecule has 1 aliphatic rings. The van der Waals surface area contributed by atoms with Gasteiger partial charge in [0.05, 0.1) is 18.4 Å². The molecule has 5 heteroatoms. The third kappa shape index (κ3) is 3.88. The van der Waals surface area contributed by atoms with Gasteiger partial charge in [0, 0.05) is 19.2 Å². The van der Waals surface area contributed by atoms with Crippen LogP contribution in [0.25, 0.3) is 0 Å². The highest BCUT2D eigenvalue weighted by atomic mass is 16.5. The van der Waals surface area contributed by atoms with Gasteiger partial charge in [0.2, 0.25) is 0 Å². The quantitative estimate of drug-likeness (QED) is 0.751. The van der Waals surface area contributed by atoms with E-state index < -0.39 is 5.97 Å². The Labute approximate surface area is 124 Å². The summed E-state index contributed by atoms with van der Waals surface area (Å²) < 4.78 is 5.15. The van der Waals surface area contributed by atoms with Crippen molar-refractivity contribution in [3.63, 3.8) is 0 Å². The van der Waals surface area contributed by atoms with Crippen LogP contribution in [0.5, 0.6) is 5.75 Å². The number of rotatable bonds is 6. The van der Waals surface area contributed by atoms with Gasteiger partial charge >= 0.3 is 5.97 Å². The normalized spacial score (nSPS) is 21.8. The van der Waals surface area contributed by atoms with E-state index in [2.05, 4.69) is 5.32 Å². The highest BCUT2D eigenvalue weighted by molar-refractivity contribution is 5.94. The second-order valence-electron chi connectivity index (χ2n) is 5.58. The van der Waals surface area contributed by atoms with Crippen LogP contribution in [0, 0.1) is 11.8 Å². The first-order chi connectivity index (χ1) is 10.2. The van der Waals surface area contributed by atoms with E-state index in [4.69, 9.17) is 4.74 Å². The lowest BCUT2D eigenvalue weighted by Gasteiger charge is -2.30. The number of carbonyl (C=O) groups is 1. The molecule has 0 saturated heterocycles. The zero-order valence-corrected chi connectivity index (χ0v) is 12.3. The van der Waals surface area contributed by atoms with E-state index in [1.807, 2.05) is 0 Å². The van der Waals surface area contributed by atoms with Crippen molar-refractivity contribution < 1.29 is 19.7 Å². The van der Waals surface area contributed by atoms with Gasteiger partial charge in [0.15, 0.2) is 0 Å². The lowest BCUT2D eigenvalue weighted by Crippen LogP contribution is -2.29. The summed E-state index contributed by atoms with van der Waals surface area (Å²) >= 11 is 0. The molecule has 0 heterocycles. The molecule has 0 aliphatic heterocycles. The fourth-order valence-corrected chi connectivity index (χ4v) is 3.02. The molecule has 2 rings (SSSR count). The largest absolute Gasteiger partial charge is 0.497 e. The van der Waals surface area contributed by atoms with Gasteiger partial charge in [-0.2, -0.15) is 0 Å². The minimum atomic E-state index is -0.956. The molecule has 1 fully saturated rings. The number of hydrogen-bond acceptors (Lipinski definition) is 4. The third-order valence-electron chi connectivity index (χ3n) is 4.31. The first-order valence-corrected chi connectivity index (χ1v) is 7.41. The van der Waals surface area contributed by atoms with Crippen LogP contribution >= 0.6 is 0 Å². The number of hydrogen-bond donors (Lipinski definition) is 3. The molecule has 5 nitrogen and oxygen atoms in total. The first kappa shape index (κ1) is 15.6. The highest BCUT2D eigenvalue weighted by Crippen LogP contribution is 2.31. The predicted octanol–water partition coefficient (Wildman–Crippen LogP) is 2.60. The zero-order chi connectivity index (χ0) is 15.2. The van der Waals surface area contributed by atoms with Crippen LogP contribution in [-0.2, 0) is 0 Å². The van der Waals surface area contributed by atoms with Crippen molar-refractivity contribution in [2.45, 2.75) is 25.7 Å². The van der Waals surface area contributed by atoms with Crippen LogP contribution in [0.4, 0.5) is 5.69 Å². The Bertz CT molecular complexity index is 489. The average molecular weight is 293 g/mol. The molecule has 3 N–H and O–H groups in total. The van der Waals surface area contributed by atoms with E-state index in [9.17, 15) is 15.0 Å². The van der Waals surface area contributed by atoms with E-state index in [1.165, 1.54) is 12.8 Å². The molecule has 116 valence electrons. The molecular weight excluding hydrogens is 270 g/mol. The molecule has 0 spiro atoms. The van der Waals surface area contributed by atoms with Gasteiger partial charge in [-0.05, 0) is 36.8 Å². The van der Waals surface area contributed by atoms with Gasteiger partial charge in [-0.15, -0.1) is 0 Å². The van der Waals surface area contributed by atoms with Gasteiger partial charge < -0.3 is 20.3 Å². The maximum absolute atomic E-state index is 11.3. The number of aliphatic hydroxyl groups excluding tert-OH is 1. The van der Waals surface area contributed by atoms with Crippen molar-refractivity contribution in [3.05, 3.63) is 23.8 Å². The second kappa shape index (κ2) is 7.31. The molecule has 1 aliphatic carbocycles. The van der Waals surface area contributed by atoms with E-state index >= 15 is 0 Å². The van der Waals surface area contributed by atoms with Gasteiger partial charge in [-0.1, -0.05) is 12.8 Å². The lowest BCUT2D eigenvalue weighted by molar-refractivity contribution is 0.0697. The van der Waals surface area contributed by atoms with Crippen molar-refractivity contribution in [1.29, 1.82) is 0 Å². The third-order valence-corrected chi connectivity index (χ3v) is 4.31. The van der Waals surface area contributed by atoms with Crippen LogP contribution in [0.1, 0.15) is 36.0 Å². The summed E-state index contributed by atoms with van der Waals surface area (Å²) in [7, 11) is 1.56. The molecule has 0 radical (unpaired) electrons. The predicted molar refractivity (Wildman–Crippen MR) is 81.0 cm³/mol. The second-order valence-corrected chi connectivity index (χ2v) is 5.58. The monoisotopic (exact) mass is 293 g/mol. The van der Waals surface area contributed by atoms with E-state index in [1.54, 1.807) is 25.3 Å². The van der Waals surface area contributed by atoms with Crippen molar-refractivity contribution in [2.75, 3.05) is 25.6 Å². The lowest BCUT2D eigenvalue weighted by atomic mass is 9.79. The number of carboxylic acid groups (broad SMARTS) is 1. The molecule has 2 atom stereocenters. The molecule has 2 unspecified atom stereocenters. The Morgan fingerprint density at radius 1 is 1.33 bits per heavy atom. The summed E-state index contributed by atoms with van der Waals surface area (Å²) in [5, 5.41) is 21.9. The van der Waals surface area contributed by atoms with Gasteiger partial charge in [0.25, 0.3) is 0 Å². The Balaban J connectivity index is 2.09. The Morgan fingerprint density at radius 3 is 2.67 bits per heavy atom. The minimum absolute atomic E-state index is 0.205. The molecule has 1 saturated carbocycles. The van der Waals surface area contributed by atoms with Gasteiger partial charge in [0.1, 0.15) is 5.75 Å². The van der Waals surface area contributed by atoms with Crippen LogP contribution < -0.4 is 10.1 Å². The summed E-state index contributed by atoms with van der Waals surface area (Å²) in [6, 6.07) is 4.90. The summed E-state index contributed by atoms with van der Waals surface area (Å²) in [6.07, 6.45) is 4.46. The zero-order valence-electron chi connectivity index (χ0n) is 12.3. The van der Waals surface area contributed by atoms with Crippen molar-refractivity contribution >= 4 is 11.7 Å². The van der Waals surface area contributed by atoms with Crippen LogP contribution in [0.3, 0.4) is 0 Å². The van der Waals surface area contributed by atoms with Gasteiger partial charge in [-0.25, -0.2) is 4.79 Å². The number of benzene rings is 1. The van der Waals surface area contributed by atoms with Crippen molar-refractivity contribution in [3.8, 4) is 5.75 Å². The van der Waals surface area contributed by atoms with Crippen molar-refractivity contribution in [2.24, 2.45) is 11.8 Å². The number of methoxy groups -OCH3 is 1. The van der Waals surface area contributed by atoms with E-state index in [-0.39, 0.29) is 12.2 Å². The summed E-state index contributed by atoms with van der Waals surface area (Å²) in [4.78, 5) is 11.3. The van der Waals surface area contributed by atoms with Gasteiger partial charge in [-0.3, -0.25) is 0 Å². The van der Waals surface area contributed by atoms with Crippen LogP contribution in [0.2, 0.25) is 0 Å². The number of aromatic carboxylic acids is 1. The summed E-state index contributed by atoms with van der Waals surface area (Å²) in [6.45, 7) is 0.884. The Morgan fingerprint density at radius 2 is 2.05 bits per heavy atom. The first-order valence-electron chi connectivity index (χ1n) is 7.41. The minimum Gasteiger partial charge on any atom is -0.497 e. The molecule has 0 amide bonds. The number of carboxylic acids is 1. The number of nitrogens with one attached hydrogen (secondary N) is 1. The smallest absolute Gasteiger partial charge is 0.337 e. The molecule has 21 heavy (non-hydrogen) atoms. The summed E-state index contributed by atoms with van der Waals surface area (Å²) in [5.74, 6) is 0.370. The molecular formula is C16H23NO4. The highest BCUT2D eigenvalue weighted by Gasteiger charge is 2.24. The standard InChI is InChI=1S/C16H23NO4/c1-21-13-6-7-14(16(19)20)15(8-13)17-9-11-4-2-3-5-12(11)10-18/h6-8,11-12,17-18H,2-5,9-10H2,1H3,(H,19,20). The summed E-state index contributed by atoms with van der Waals surface area (Å²) in [5.41, 5.74) is 0.816. The van der Waals surface area contributed by atoms with E-state index in [0.717, 1.165) is 12.8 Å². The number of anilines is 1. The fourth-order valence-electron chi connectivity index (χ4n) is 3.02. The van der Waals surface area contributed by atoms with Crippen molar-refractivity contribution in [1.82, 2.24) is 0 Å². The maximum atomic E-state index is 11.3. The Hall–Kier alpha value is -1.75. The SMILES string of the molecule is COc1ccc(C(=O)O)c(NCC2CCCCC2CO)c1. The molecule has 1 aromatic carbocycles. The Kier molecular flexibility index (Phi) is 5.44. The van der Waals surface area contributed by atoms with Crippen LogP contribution in [-0.4, -0.2) is 36.4 Å². The fraction of sp³-hybridized carbons (Fsp3) is 0.562. The maximum Gasteiger partial charge on any atom is 0.337 e. The van der Waals surface area contributed by atoms with Crippen LogP contribution in [0.15, 0.2) is 18.2 Å². The topological polar surface area (TPSA) is 78.8 Å². The average Bonchev–Trinajstić information content (AvgIpc) is 2.52. The van der Waals surface area contributed by atoms with E-state index in [0.29, 0.717) is 29.8 Å². The molecule has 1 aromatic rings. The molecule has 0 aromatic heterocycles.